The van der Waals surface area contributed by atoms with Gasteiger partial charge >= 0.3 is 12.3 Å². The average Bonchev–Trinajstić information content (AvgIpc) is 2.26. The standard InChI is InChI=1S/C9H6ClF3INO3/c1-17-8(16)7-4(14)2-6(5(3-10)15-7)18-9(11,12)13/h2H,3H2,1H3. The Morgan fingerprint density at radius 2 is 2.17 bits per heavy atom. The summed E-state index contributed by atoms with van der Waals surface area (Å²) in [4.78, 5) is 15.0. The first-order chi connectivity index (χ1) is 8.28. The third-order valence-electron chi connectivity index (χ3n) is 1.75. The van der Waals surface area contributed by atoms with E-state index in [2.05, 4.69) is 14.5 Å². The van der Waals surface area contributed by atoms with E-state index in [-0.39, 0.29) is 20.8 Å². The van der Waals surface area contributed by atoms with Crippen LogP contribution in [-0.4, -0.2) is 24.4 Å². The molecule has 0 saturated heterocycles. The molecule has 0 radical (unpaired) electrons. The number of esters is 1. The number of rotatable bonds is 3. The summed E-state index contributed by atoms with van der Waals surface area (Å²) in [5, 5.41) is 0. The quantitative estimate of drug-likeness (QED) is 0.448. The zero-order valence-corrected chi connectivity index (χ0v) is 11.8. The highest BCUT2D eigenvalue weighted by atomic mass is 127. The third-order valence-corrected chi connectivity index (χ3v) is 2.82. The van der Waals surface area contributed by atoms with Crippen LogP contribution in [0.2, 0.25) is 0 Å². The number of hydrogen-bond acceptors (Lipinski definition) is 4. The van der Waals surface area contributed by atoms with E-state index in [1.807, 2.05) is 0 Å². The fourth-order valence-corrected chi connectivity index (χ4v) is 1.87. The number of pyridine rings is 1. The minimum atomic E-state index is -4.85. The van der Waals surface area contributed by atoms with Crippen LogP contribution >= 0.6 is 34.2 Å². The molecule has 18 heavy (non-hydrogen) atoms. The van der Waals surface area contributed by atoms with Crippen molar-refractivity contribution in [3.05, 3.63) is 21.0 Å². The molecule has 0 saturated carbocycles. The molecule has 1 heterocycles. The van der Waals surface area contributed by atoms with E-state index in [0.717, 1.165) is 13.2 Å². The second-order valence-electron chi connectivity index (χ2n) is 2.94. The summed E-state index contributed by atoms with van der Waals surface area (Å²) in [6.07, 6.45) is -4.85. The molecule has 0 fully saturated rings. The van der Waals surface area contributed by atoms with Gasteiger partial charge in [0, 0.05) is 3.57 Å². The summed E-state index contributed by atoms with van der Waals surface area (Å²) in [5.41, 5.74) is -0.293. The molecule has 4 nitrogen and oxygen atoms in total. The van der Waals surface area contributed by atoms with Crippen LogP contribution in [0.1, 0.15) is 16.2 Å². The summed E-state index contributed by atoms with van der Waals surface area (Å²) in [5.74, 6) is -1.62. The first-order valence-electron chi connectivity index (χ1n) is 4.38. The number of methoxy groups -OCH3 is 1. The van der Waals surface area contributed by atoms with E-state index >= 15 is 0 Å². The van der Waals surface area contributed by atoms with Crippen molar-refractivity contribution in [3.63, 3.8) is 0 Å². The Morgan fingerprint density at radius 3 is 2.61 bits per heavy atom. The second kappa shape index (κ2) is 5.91. The van der Waals surface area contributed by atoms with Gasteiger partial charge in [-0.05, 0) is 28.7 Å². The highest BCUT2D eigenvalue weighted by molar-refractivity contribution is 14.1. The van der Waals surface area contributed by atoms with E-state index in [1.54, 1.807) is 22.6 Å². The van der Waals surface area contributed by atoms with Gasteiger partial charge in [0.25, 0.3) is 0 Å². The van der Waals surface area contributed by atoms with Gasteiger partial charge in [0.2, 0.25) is 0 Å². The van der Waals surface area contributed by atoms with Gasteiger partial charge in [-0.2, -0.15) is 0 Å². The van der Waals surface area contributed by atoms with E-state index < -0.39 is 18.1 Å². The van der Waals surface area contributed by atoms with Gasteiger partial charge in [0.15, 0.2) is 11.4 Å². The molecule has 0 aliphatic rings. The van der Waals surface area contributed by atoms with Crippen molar-refractivity contribution in [1.82, 2.24) is 4.98 Å². The fourth-order valence-electron chi connectivity index (χ4n) is 1.06. The zero-order chi connectivity index (χ0) is 13.9. The highest BCUT2D eigenvalue weighted by Crippen LogP contribution is 2.29. The Labute approximate surface area is 119 Å². The van der Waals surface area contributed by atoms with Crippen molar-refractivity contribution in [3.8, 4) is 5.75 Å². The monoisotopic (exact) mass is 395 g/mol. The summed E-state index contributed by atoms with van der Waals surface area (Å²) >= 11 is 7.12. The topological polar surface area (TPSA) is 48.4 Å². The number of ether oxygens (including phenoxy) is 2. The first kappa shape index (κ1) is 15.3. The molecule has 0 unspecified atom stereocenters. The Kier molecular flexibility index (Phi) is 5.02. The maximum absolute atomic E-state index is 12.1. The molecular weight excluding hydrogens is 389 g/mol. The Morgan fingerprint density at radius 1 is 1.56 bits per heavy atom. The first-order valence-corrected chi connectivity index (χ1v) is 5.99. The van der Waals surface area contributed by atoms with Crippen molar-refractivity contribution in [2.24, 2.45) is 0 Å². The lowest BCUT2D eigenvalue weighted by Gasteiger charge is -2.13. The van der Waals surface area contributed by atoms with E-state index in [1.165, 1.54) is 0 Å². The smallest absolute Gasteiger partial charge is 0.464 e. The van der Waals surface area contributed by atoms with Crippen molar-refractivity contribution in [2.45, 2.75) is 12.2 Å². The molecule has 0 amide bonds. The van der Waals surface area contributed by atoms with Crippen LogP contribution in [0.3, 0.4) is 0 Å². The van der Waals surface area contributed by atoms with Crippen LogP contribution in [0, 0.1) is 3.57 Å². The Balaban J connectivity index is 3.23. The van der Waals surface area contributed by atoms with Gasteiger partial charge in [0.05, 0.1) is 18.7 Å². The van der Waals surface area contributed by atoms with Gasteiger partial charge in [-0.3, -0.25) is 0 Å². The van der Waals surface area contributed by atoms with E-state index in [9.17, 15) is 18.0 Å². The maximum Gasteiger partial charge on any atom is 0.573 e. The molecular formula is C9H6ClF3INO3. The zero-order valence-electron chi connectivity index (χ0n) is 8.85. The summed E-state index contributed by atoms with van der Waals surface area (Å²) < 4.78 is 44.8. The third kappa shape index (κ3) is 3.87. The van der Waals surface area contributed by atoms with Gasteiger partial charge in [0.1, 0.15) is 0 Å². The molecule has 0 bridgehead atoms. The molecule has 0 aliphatic heterocycles. The fraction of sp³-hybridized carbons (Fsp3) is 0.333. The van der Waals surface area contributed by atoms with Gasteiger partial charge in [-0.1, -0.05) is 0 Å². The van der Waals surface area contributed by atoms with Gasteiger partial charge in [-0.25, -0.2) is 9.78 Å². The molecule has 1 aromatic rings. The summed E-state index contributed by atoms with van der Waals surface area (Å²) in [6.45, 7) is 0. The second-order valence-corrected chi connectivity index (χ2v) is 4.37. The minimum Gasteiger partial charge on any atom is -0.464 e. The number of nitrogens with zero attached hydrogens (tertiary/aromatic N) is 1. The van der Waals surface area contributed by atoms with Gasteiger partial charge in [-0.15, -0.1) is 24.8 Å². The van der Waals surface area contributed by atoms with Crippen LogP contribution in [-0.2, 0) is 10.6 Å². The largest absolute Gasteiger partial charge is 0.573 e. The number of carbonyl (C=O) groups is 1. The highest BCUT2D eigenvalue weighted by Gasteiger charge is 2.33. The molecule has 1 aromatic heterocycles. The number of alkyl halides is 4. The van der Waals surface area contributed by atoms with Crippen LogP contribution in [0.4, 0.5) is 13.2 Å². The molecule has 1 rings (SSSR count). The van der Waals surface area contributed by atoms with Crippen molar-refractivity contribution in [2.75, 3.05) is 7.11 Å². The summed E-state index contributed by atoms with van der Waals surface area (Å²) in [7, 11) is 1.14. The Bertz CT molecular complexity index is 467. The van der Waals surface area contributed by atoms with E-state index in [4.69, 9.17) is 11.6 Å². The molecule has 100 valence electrons. The molecule has 0 spiro atoms. The molecule has 0 N–H and O–H groups in total. The minimum absolute atomic E-state index is 0.108. The van der Waals surface area contributed by atoms with Crippen LogP contribution < -0.4 is 4.74 Å². The average molecular weight is 396 g/mol. The normalized spacial score (nSPS) is 11.2. The number of hydrogen-bond donors (Lipinski definition) is 0. The van der Waals surface area contributed by atoms with Crippen LogP contribution in [0.5, 0.6) is 5.75 Å². The van der Waals surface area contributed by atoms with Crippen LogP contribution in [0.15, 0.2) is 6.07 Å². The molecule has 0 aromatic carbocycles. The lowest BCUT2D eigenvalue weighted by atomic mass is 10.3. The number of halogens is 5. The Hall–Kier alpha value is -0.770. The molecule has 0 aliphatic carbocycles. The predicted octanol–water partition coefficient (Wildman–Crippen LogP) is 3.11. The van der Waals surface area contributed by atoms with Crippen LogP contribution in [0.25, 0.3) is 0 Å². The maximum atomic E-state index is 12.1. The van der Waals surface area contributed by atoms with Crippen molar-refractivity contribution < 1.29 is 27.4 Å². The lowest BCUT2D eigenvalue weighted by molar-refractivity contribution is -0.275. The number of aromatic nitrogens is 1. The van der Waals surface area contributed by atoms with Crippen molar-refractivity contribution >= 4 is 40.2 Å². The predicted molar refractivity (Wildman–Crippen MR) is 64.5 cm³/mol. The SMILES string of the molecule is COC(=O)c1nc(CCl)c(OC(F)(F)F)cc1I. The summed E-state index contributed by atoms with van der Waals surface area (Å²) in [6, 6.07) is 1.03. The van der Waals surface area contributed by atoms with Crippen molar-refractivity contribution in [1.29, 1.82) is 0 Å². The molecule has 0 atom stereocenters. The molecule has 9 heteroatoms. The van der Waals surface area contributed by atoms with E-state index in [0.29, 0.717) is 0 Å². The lowest BCUT2D eigenvalue weighted by Crippen LogP contribution is -2.19. The number of carbonyl (C=O) groups excluding carboxylic acids is 1. The van der Waals surface area contributed by atoms with Gasteiger partial charge < -0.3 is 9.47 Å².